The van der Waals surface area contributed by atoms with Crippen LogP contribution in [0.25, 0.3) is 0 Å². The van der Waals surface area contributed by atoms with Crippen LogP contribution in [0.15, 0.2) is 17.8 Å². The third-order valence-electron chi connectivity index (χ3n) is 7.17. The quantitative estimate of drug-likeness (QED) is 0.0793. The minimum atomic E-state index is -1.49. The summed E-state index contributed by atoms with van der Waals surface area (Å²) in [5, 5.41) is 36.4. The lowest BCUT2D eigenvalue weighted by Gasteiger charge is -2.26. The molecular weight excluding hydrogens is 610 g/mol. The largest absolute Gasteiger partial charge is 0.496 e. The van der Waals surface area contributed by atoms with E-state index >= 15 is 0 Å². The maximum atomic E-state index is 13.6. The Balaban J connectivity index is 2.23. The van der Waals surface area contributed by atoms with Crippen molar-refractivity contribution < 1.29 is 53.6 Å². The Morgan fingerprint density at radius 1 is 0.956 bits per heavy atom. The van der Waals surface area contributed by atoms with E-state index in [2.05, 4.69) is 35.5 Å². The van der Waals surface area contributed by atoms with Gasteiger partial charge in [-0.3, -0.25) is 24.0 Å². The number of Topliss-reactive ketones (excluding diaryl/α,β-unsaturated/α-hetero) is 1. The van der Waals surface area contributed by atoms with E-state index in [1.807, 2.05) is 0 Å². The zero-order chi connectivity index (χ0) is 33.7. The lowest BCUT2D eigenvalue weighted by atomic mass is 9.86. The first kappa shape index (κ1) is 37.1. The molecule has 1 aliphatic rings. The number of hydrogen-bond donors (Lipinski definition) is 7. The number of fused-ring (bicyclic) bond motifs is 1. The SMILES string of the molecule is CCCCCCCC(O)c1cc(OC)c2c(c1OC)C(=O)C=C(N[C@@H](CCC(=O)N[C@@H](CS)C(=O)NCC(=O)O)C(=O)O)C2=O. The molecule has 0 heterocycles. The van der Waals surface area contributed by atoms with Gasteiger partial charge in [0.2, 0.25) is 17.6 Å². The van der Waals surface area contributed by atoms with E-state index < -0.39 is 66.5 Å². The van der Waals surface area contributed by atoms with Crippen molar-refractivity contribution in [2.75, 3.05) is 26.5 Å². The fourth-order valence-corrected chi connectivity index (χ4v) is 5.08. The molecule has 0 saturated carbocycles. The summed E-state index contributed by atoms with van der Waals surface area (Å²) in [5.41, 5.74) is -0.321. The molecule has 0 bridgehead atoms. The standard InChI is InChI=1S/C30H41N3O11S/c1-4-5-6-7-8-9-20(34)16-12-22(43-2)26-25(28(16)44-3)21(35)13-18(27(26)39)32-17(30(41)42)10-11-23(36)33-19(15-45)29(40)31-14-24(37)38/h12-13,17,19-20,32,34,45H,4-11,14-15H2,1-3H3,(H,31,40)(H,33,36)(H,37,38)(H,41,42)/t17-,19-,20?/m0/s1. The summed E-state index contributed by atoms with van der Waals surface area (Å²) in [6, 6.07) is -1.22. The zero-order valence-corrected chi connectivity index (χ0v) is 26.4. The van der Waals surface area contributed by atoms with Crippen molar-refractivity contribution in [2.24, 2.45) is 0 Å². The second kappa shape index (κ2) is 18.0. The van der Waals surface area contributed by atoms with Crippen molar-refractivity contribution in [3.05, 3.63) is 34.5 Å². The third kappa shape index (κ3) is 10.2. The van der Waals surface area contributed by atoms with Crippen molar-refractivity contribution in [3.63, 3.8) is 0 Å². The lowest BCUT2D eigenvalue weighted by molar-refractivity contribution is -0.139. The molecule has 1 aromatic carbocycles. The topological polar surface area (TPSA) is 218 Å². The molecule has 2 amide bonds. The molecule has 6 N–H and O–H groups in total. The van der Waals surface area contributed by atoms with Gasteiger partial charge in [-0.05, 0) is 18.9 Å². The first-order valence-electron chi connectivity index (χ1n) is 14.6. The Hall–Kier alpha value is -4.11. The number of aliphatic carboxylic acids is 2. The van der Waals surface area contributed by atoms with Crippen LogP contribution < -0.4 is 25.4 Å². The number of carbonyl (C=O) groups excluding carboxylic acids is 4. The molecule has 1 aliphatic carbocycles. The average Bonchev–Trinajstić information content (AvgIpc) is 3.01. The van der Waals surface area contributed by atoms with Crippen molar-refractivity contribution in [2.45, 2.75) is 76.5 Å². The van der Waals surface area contributed by atoms with E-state index in [0.717, 1.165) is 38.2 Å². The van der Waals surface area contributed by atoms with E-state index in [1.54, 1.807) is 0 Å². The number of benzene rings is 1. The van der Waals surface area contributed by atoms with Gasteiger partial charge in [-0.2, -0.15) is 12.6 Å². The van der Waals surface area contributed by atoms with Crippen LogP contribution in [0.1, 0.15) is 90.7 Å². The van der Waals surface area contributed by atoms with Gasteiger partial charge in [0.15, 0.2) is 5.78 Å². The molecule has 3 atom stereocenters. The Kier molecular flexibility index (Phi) is 14.8. The number of aliphatic hydroxyl groups is 1. The van der Waals surface area contributed by atoms with Gasteiger partial charge in [0.1, 0.15) is 30.1 Å². The van der Waals surface area contributed by atoms with Crippen LogP contribution in [-0.2, 0) is 19.2 Å². The number of unbranched alkanes of at least 4 members (excludes halogenated alkanes) is 4. The Morgan fingerprint density at radius 3 is 2.22 bits per heavy atom. The Morgan fingerprint density at radius 2 is 1.64 bits per heavy atom. The van der Waals surface area contributed by atoms with Crippen molar-refractivity contribution in [1.29, 1.82) is 0 Å². The minimum absolute atomic E-state index is 0.00167. The van der Waals surface area contributed by atoms with Gasteiger partial charge < -0.3 is 40.7 Å². The molecule has 0 aliphatic heterocycles. The van der Waals surface area contributed by atoms with E-state index in [-0.39, 0.29) is 40.5 Å². The molecule has 248 valence electrons. The molecule has 0 aromatic heterocycles. The van der Waals surface area contributed by atoms with Crippen LogP contribution in [0.4, 0.5) is 0 Å². The molecule has 15 heteroatoms. The molecule has 0 radical (unpaired) electrons. The fraction of sp³-hybridized carbons (Fsp3) is 0.533. The second-order valence-electron chi connectivity index (χ2n) is 10.4. The first-order valence-corrected chi connectivity index (χ1v) is 15.2. The Labute approximate surface area is 266 Å². The molecule has 2 rings (SSSR count). The molecule has 1 unspecified atom stereocenters. The van der Waals surface area contributed by atoms with E-state index in [0.29, 0.717) is 12.0 Å². The summed E-state index contributed by atoms with van der Waals surface area (Å²) in [5.74, 6) is -5.74. The third-order valence-corrected chi connectivity index (χ3v) is 7.53. The maximum Gasteiger partial charge on any atom is 0.326 e. The van der Waals surface area contributed by atoms with Crippen LogP contribution in [0.2, 0.25) is 0 Å². The van der Waals surface area contributed by atoms with Crippen molar-refractivity contribution in [1.82, 2.24) is 16.0 Å². The van der Waals surface area contributed by atoms with Gasteiger partial charge in [-0.25, -0.2) is 4.79 Å². The number of hydrogen-bond acceptors (Lipinski definition) is 11. The van der Waals surface area contributed by atoms with Gasteiger partial charge in [-0.15, -0.1) is 0 Å². The molecule has 45 heavy (non-hydrogen) atoms. The summed E-state index contributed by atoms with van der Waals surface area (Å²) in [6.45, 7) is 1.44. The summed E-state index contributed by atoms with van der Waals surface area (Å²) >= 11 is 3.98. The molecule has 0 fully saturated rings. The highest BCUT2D eigenvalue weighted by Gasteiger charge is 2.36. The lowest BCUT2D eigenvalue weighted by Crippen LogP contribution is -2.49. The number of carboxylic acids is 2. The summed E-state index contributed by atoms with van der Waals surface area (Å²) < 4.78 is 10.9. The number of aliphatic hydroxyl groups excluding tert-OH is 1. The number of methoxy groups -OCH3 is 2. The number of nitrogens with one attached hydrogen (secondary N) is 3. The number of amides is 2. The summed E-state index contributed by atoms with van der Waals surface area (Å²) in [4.78, 5) is 74.1. The van der Waals surface area contributed by atoms with Crippen LogP contribution in [-0.4, -0.2) is 89.2 Å². The highest BCUT2D eigenvalue weighted by atomic mass is 32.1. The zero-order valence-electron chi connectivity index (χ0n) is 25.5. The minimum Gasteiger partial charge on any atom is -0.496 e. The molecule has 0 saturated heterocycles. The number of allylic oxidation sites excluding steroid dienone is 2. The summed E-state index contributed by atoms with van der Waals surface area (Å²) in [6.07, 6.45) is 4.49. The first-order chi connectivity index (χ1) is 21.4. The predicted molar refractivity (Wildman–Crippen MR) is 165 cm³/mol. The smallest absolute Gasteiger partial charge is 0.326 e. The number of rotatable bonds is 20. The van der Waals surface area contributed by atoms with Crippen molar-refractivity contribution >= 4 is 47.9 Å². The van der Waals surface area contributed by atoms with E-state index in [4.69, 9.17) is 14.6 Å². The number of ether oxygens (including phenoxy) is 2. The number of carbonyl (C=O) groups is 6. The van der Waals surface area contributed by atoms with Crippen LogP contribution >= 0.6 is 12.6 Å². The fourth-order valence-electron chi connectivity index (χ4n) is 4.82. The summed E-state index contributed by atoms with van der Waals surface area (Å²) in [7, 11) is 2.61. The van der Waals surface area contributed by atoms with Gasteiger partial charge in [-0.1, -0.05) is 39.0 Å². The second-order valence-corrected chi connectivity index (χ2v) is 10.8. The average molecular weight is 652 g/mol. The molecule has 0 spiro atoms. The number of ketones is 2. The van der Waals surface area contributed by atoms with E-state index in [9.17, 15) is 39.0 Å². The van der Waals surface area contributed by atoms with Gasteiger partial charge in [0.05, 0.1) is 37.1 Å². The van der Waals surface area contributed by atoms with Gasteiger partial charge >= 0.3 is 11.9 Å². The normalized spacial score (nSPS) is 14.4. The van der Waals surface area contributed by atoms with Crippen LogP contribution in [0, 0.1) is 0 Å². The monoisotopic (exact) mass is 651 g/mol. The maximum absolute atomic E-state index is 13.6. The highest BCUT2D eigenvalue weighted by Crippen LogP contribution is 2.42. The van der Waals surface area contributed by atoms with Crippen LogP contribution in [0.5, 0.6) is 11.5 Å². The molecular formula is C30H41N3O11S. The molecule has 1 aromatic rings. The Bertz CT molecular complexity index is 1310. The number of thiol groups is 1. The highest BCUT2D eigenvalue weighted by molar-refractivity contribution is 7.80. The van der Waals surface area contributed by atoms with Gasteiger partial charge in [0.25, 0.3) is 0 Å². The molecule has 14 nitrogen and oxygen atoms in total. The predicted octanol–water partition coefficient (Wildman–Crippen LogP) is 1.80. The number of carboxylic acid groups (broad SMARTS) is 2. The van der Waals surface area contributed by atoms with Crippen molar-refractivity contribution in [3.8, 4) is 11.5 Å². The van der Waals surface area contributed by atoms with E-state index in [1.165, 1.54) is 20.3 Å². The van der Waals surface area contributed by atoms with Gasteiger partial charge in [0, 0.05) is 23.8 Å². The van der Waals surface area contributed by atoms with Crippen LogP contribution in [0.3, 0.4) is 0 Å².